The molecule has 2 amide bonds. The Labute approximate surface area is 134 Å². The molecule has 1 heterocycles. The van der Waals surface area contributed by atoms with Crippen LogP contribution in [0.1, 0.15) is 46.5 Å². The maximum atomic E-state index is 13.2. The standard InChI is InChI=1S/C16H25F3N2O2/c1-15(2,3)14(16(17,18)19)20-12(22)11-5-4-8-21(9-11)13(23)10-6-7-10/h10-11,14H,4-9H2,1-3H3,(H,20,22)/t11-,14-/m0/s1. The number of hydrogen-bond acceptors (Lipinski definition) is 2. The number of piperidine rings is 1. The molecule has 132 valence electrons. The van der Waals surface area contributed by atoms with Crippen molar-refractivity contribution in [3.8, 4) is 0 Å². The Bertz CT molecular complexity index is 453. The van der Waals surface area contributed by atoms with Crippen molar-refractivity contribution in [1.82, 2.24) is 10.2 Å². The highest BCUT2D eigenvalue weighted by atomic mass is 19.4. The Morgan fingerprint density at radius 3 is 2.17 bits per heavy atom. The van der Waals surface area contributed by atoms with Crippen LogP contribution < -0.4 is 5.32 Å². The number of nitrogens with one attached hydrogen (secondary N) is 1. The van der Waals surface area contributed by atoms with Crippen LogP contribution in [0.2, 0.25) is 0 Å². The number of amides is 2. The molecule has 23 heavy (non-hydrogen) atoms. The molecule has 0 aromatic carbocycles. The van der Waals surface area contributed by atoms with Crippen molar-refractivity contribution < 1.29 is 22.8 Å². The quantitative estimate of drug-likeness (QED) is 0.863. The molecular weight excluding hydrogens is 309 g/mol. The molecule has 1 N–H and O–H groups in total. The zero-order chi connectivity index (χ0) is 17.4. The van der Waals surface area contributed by atoms with Crippen molar-refractivity contribution in [2.24, 2.45) is 17.3 Å². The fourth-order valence-electron chi connectivity index (χ4n) is 3.03. The Kier molecular flexibility index (Phi) is 4.97. The topological polar surface area (TPSA) is 49.4 Å². The molecule has 1 aliphatic heterocycles. The van der Waals surface area contributed by atoms with E-state index in [0.29, 0.717) is 19.4 Å². The molecule has 1 saturated carbocycles. The van der Waals surface area contributed by atoms with Gasteiger partial charge in [-0.25, -0.2) is 0 Å². The molecule has 2 fully saturated rings. The molecule has 0 aromatic rings. The number of rotatable bonds is 3. The molecule has 2 rings (SSSR count). The Balaban J connectivity index is 1.99. The zero-order valence-corrected chi connectivity index (χ0v) is 13.9. The van der Waals surface area contributed by atoms with E-state index in [4.69, 9.17) is 0 Å². The summed E-state index contributed by atoms with van der Waals surface area (Å²) in [5.74, 6) is -1.05. The largest absolute Gasteiger partial charge is 0.409 e. The van der Waals surface area contributed by atoms with Gasteiger partial charge in [-0.1, -0.05) is 20.8 Å². The predicted octanol–water partition coefficient (Wildman–Crippen LogP) is 2.73. The third-order valence-electron chi connectivity index (χ3n) is 4.51. The molecule has 0 radical (unpaired) electrons. The van der Waals surface area contributed by atoms with Gasteiger partial charge in [0.05, 0.1) is 5.92 Å². The van der Waals surface area contributed by atoms with E-state index >= 15 is 0 Å². The molecule has 0 spiro atoms. The summed E-state index contributed by atoms with van der Waals surface area (Å²) < 4.78 is 39.5. The maximum absolute atomic E-state index is 13.2. The minimum atomic E-state index is -4.49. The van der Waals surface area contributed by atoms with Crippen molar-refractivity contribution in [1.29, 1.82) is 0 Å². The van der Waals surface area contributed by atoms with Crippen LogP contribution in [0.15, 0.2) is 0 Å². The molecule has 0 unspecified atom stereocenters. The average molecular weight is 334 g/mol. The number of likely N-dealkylation sites (tertiary alicyclic amines) is 1. The Morgan fingerprint density at radius 1 is 1.09 bits per heavy atom. The SMILES string of the molecule is CC(C)(C)[C@H](NC(=O)[C@H]1CCCN(C(=O)C2CC2)C1)C(F)(F)F. The summed E-state index contributed by atoms with van der Waals surface area (Å²) in [6, 6.07) is -1.89. The molecule has 2 atom stereocenters. The fraction of sp³-hybridized carbons (Fsp3) is 0.875. The Morgan fingerprint density at radius 2 is 1.70 bits per heavy atom. The van der Waals surface area contributed by atoms with Gasteiger partial charge < -0.3 is 10.2 Å². The van der Waals surface area contributed by atoms with Gasteiger partial charge in [-0.2, -0.15) is 13.2 Å². The van der Waals surface area contributed by atoms with Crippen LogP contribution in [-0.4, -0.2) is 42.0 Å². The predicted molar refractivity (Wildman–Crippen MR) is 79.5 cm³/mol. The normalized spacial score (nSPS) is 24.3. The van der Waals surface area contributed by atoms with Gasteiger partial charge in [0.1, 0.15) is 6.04 Å². The molecule has 0 bridgehead atoms. The van der Waals surface area contributed by atoms with Crippen LogP contribution in [0.25, 0.3) is 0 Å². The summed E-state index contributed by atoms with van der Waals surface area (Å²) in [6.07, 6.45) is -1.55. The van der Waals surface area contributed by atoms with Crippen molar-refractivity contribution >= 4 is 11.8 Å². The van der Waals surface area contributed by atoms with E-state index < -0.39 is 29.5 Å². The lowest BCUT2D eigenvalue weighted by atomic mass is 9.85. The van der Waals surface area contributed by atoms with Gasteiger partial charge in [0.2, 0.25) is 11.8 Å². The van der Waals surface area contributed by atoms with Gasteiger partial charge in [0.15, 0.2) is 0 Å². The molecular formula is C16H25F3N2O2. The molecule has 2 aliphatic rings. The van der Waals surface area contributed by atoms with E-state index in [1.54, 1.807) is 4.90 Å². The first kappa shape index (κ1) is 18.1. The van der Waals surface area contributed by atoms with Gasteiger partial charge in [0.25, 0.3) is 0 Å². The van der Waals surface area contributed by atoms with E-state index in [-0.39, 0.29) is 18.4 Å². The second-order valence-electron chi connectivity index (χ2n) is 7.75. The van der Waals surface area contributed by atoms with Crippen LogP contribution in [0, 0.1) is 17.3 Å². The minimum absolute atomic E-state index is 0.0469. The van der Waals surface area contributed by atoms with Gasteiger partial charge in [0, 0.05) is 19.0 Å². The number of nitrogens with zero attached hydrogens (tertiary/aromatic N) is 1. The average Bonchev–Trinajstić information content (AvgIpc) is 3.25. The summed E-state index contributed by atoms with van der Waals surface area (Å²) in [5.41, 5.74) is -1.12. The first-order valence-corrected chi connectivity index (χ1v) is 8.16. The van der Waals surface area contributed by atoms with Crippen molar-refractivity contribution in [3.63, 3.8) is 0 Å². The number of carbonyl (C=O) groups excluding carboxylic acids is 2. The molecule has 0 aromatic heterocycles. The highest BCUT2D eigenvalue weighted by Gasteiger charge is 2.48. The van der Waals surface area contributed by atoms with Gasteiger partial charge in [-0.3, -0.25) is 9.59 Å². The first-order valence-electron chi connectivity index (χ1n) is 8.16. The lowest BCUT2D eigenvalue weighted by molar-refractivity contribution is -0.182. The highest BCUT2D eigenvalue weighted by Crippen LogP contribution is 2.35. The van der Waals surface area contributed by atoms with Crippen molar-refractivity contribution in [2.45, 2.75) is 58.7 Å². The van der Waals surface area contributed by atoms with Gasteiger partial charge in [-0.05, 0) is 31.1 Å². The van der Waals surface area contributed by atoms with Gasteiger partial charge >= 0.3 is 6.18 Å². The second kappa shape index (κ2) is 6.32. The molecule has 4 nitrogen and oxygen atoms in total. The number of carbonyl (C=O) groups is 2. The van der Waals surface area contributed by atoms with E-state index in [9.17, 15) is 22.8 Å². The smallest absolute Gasteiger partial charge is 0.344 e. The van der Waals surface area contributed by atoms with Gasteiger partial charge in [-0.15, -0.1) is 0 Å². The summed E-state index contributed by atoms with van der Waals surface area (Å²) in [7, 11) is 0. The molecule has 1 aliphatic carbocycles. The second-order valence-corrected chi connectivity index (χ2v) is 7.75. The maximum Gasteiger partial charge on any atom is 0.409 e. The lowest BCUT2D eigenvalue weighted by Gasteiger charge is -2.36. The zero-order valence-electron chi connectivity index (χ0n) is 13.9. The van der Waals surface area contributed by atoms with Crippen LogP contribution in [0.4, 0.5) is 13.2 Å². The summed E-state index contributed by atoms with van der Waals surface area (Å²) in [4.78, 5) is 26.0. The lowest BCUT2D eigenvalue weighted by Crippen LogP contribution is -2.56. The van der Waals surface area contributed by atoms with Crippen LogP contribution in [0.5, 0.6) is 0 Å². The van der Waals surface area contributed by atoms with Crippen LogP contribution in [0.3, 0.4) is 0 Å². The monoisotopic (exact) mass is 334 g/mol. The molecule has 7 heteroatoms. The third kappa shape index (κ3) is 4.61. The number of alkyl halides is 3. The molecule has 1 saturated heterocycles. The van der Waals surface area contributed by atoms with E-state index in [2.05, 4.69) is 5.32 Å². The van der Waals surface area contributed by atoms with E-state index in [1.165, 1.54) is 20.8 Å². The number of hydrogen-bond donors (Lipinski definition) is 1. The van der Waals surface area contributed by atoms with Crippen LogP contribution in [-0.2, 0) is 9.59 Å². The summed E-state index contributed by atoms with van der Waals surface area (Å²) in [6.45, 7) is 5.19. The van der Waals surface area contributed by atoms with E-state index in [0.717, 1.165) is 12.8 Å². The van der Waals surface area contributed by atoms with Crippen LogP contribution >= 0.6 is 0 Å². The van der Waals surface area contributed by atoms with Crippen molar-refractivity contribution in [3.05, 3.63) is 0 Å². The highest BCUT2D eigenvalue weighted by molar-refractivity contribution is 5.83. The summed E-state index contributed by atoms with van der Waals surface area (Å²) in [5, 5.41) is 2.17. The number of halogens is 3. The fourth-order valence-corrected chi connectivity index (χ4v) is 3.03. The third-order valence-corrected chi connectivity index (χ3v) is 4.51. The van der Waals surface area contributed by atoms with Crippen molar-refractivity contribution in [2.75, 3.05) is 13.1 Å². The minimum Gasteiger partial charge on any atom is -0.344 e. The first-order chi connectivity index (χ1) is 10.5. The van der Waals surface area contributed by atoms with E-state index in [1.807, 2.05) is 0 Å². The Hall–Kier alpha value is -1.27. The summed E-state index contributed by atoms with van der Waals surface area (Å²) >= 11 is 0.